The molecule has 1 atom stereocenters. The highest BCUT2D eigenvalue weighted by atomic mass is 19.1. The zero-order chi connectivity index (χ0) is 15.3. The summed E-state index contributed by atoms with van der Waals surface area (Å²) in [5.41, 5.74) is 0.286. The SMILES string of the molecule is CCOC(=O)C(c1ccc(F)cn1)N(C(C)=O)C(C)C. The van der Waals surface area contributed by atoms with Crippen LogP contribution in [0.15, 0.2) is 18.3 Å². The minimum absolute atomic E-state index is 0.195. The topological polar surface area (TPSA) is 59.5 Å². The Bertz CT molecular complexity index is 474. The van der Waals surface area contributed by atoms with Crippen molar-refractivity contribution in [2.75, 3.05) is 6.61 Å². The van der Waals surface area contributed by atoms with E-state index in [1.807, 2.05) is 0 Å². The van der Waals surface area contributed by atoms with E-state index >= 15 is 0 Å². The molecule has 110 valence electrons. The van der Waals surface area contributed by atoms with Crippen LogP contribution in [0.25, 0.3) is 0 Å². The Morgan fingerprint density at radius 3 is 2.45 bits per heavy atom. The average Bonchev–Trinajstić information content (AvgIpc) is 2.36. The predicted molar refractivity (Wildman–Crippen MR) is 71.2 cm³/mol. The number of carbonyl (C=O) groups is 2. The summed E-state index contributed by atoms with van der Waals surface area (Å²) >= 11 is 0. The van der Waals surface area contributed by atoms with Crippen LogP contribution in [-0.4, -0.2) is 34.4 Å². The maximum atomic E-state index is 13.0. The van der Waals surface area contributed by atoms with E-state index in [0.717, 1.165) is 6.20 Å². The Labute approximate surface area is 117 Å². The minimum Gasteiger partial charge on any atom is -0.464 e. The van der Waals surface area contributed by atoms with Crippen molar-refractivity contribution in [1.82, 2.24) is 9.88 Å². The van der Waals surface area contributed by atoms with Crippen LogP contribution in [-0.2, 0) is 14.3 Å². The van der Waals surface area contributed by atoms with E-state index in [4.69, 9.17) is 4.74 Å². The molecule has 0 aliphatic rings. The molecule has 1 amide bonds. The van der Waals surface area contributed by atoms with Crippen molar-refractivity contribution in [3.63, 3.8) is 0 Å². The molecule has 0 N–H and O–H groups in total. The van der Waals surface area contributed by atoms with Crippen LogP contribution in [0.4, 0.5) is 4.39 Å². The van der Waals surface area contributed by atoms with Gasteiger partial charge in [0, 0.05) is 13.0 Å². The summed E-state index contributed by atoms with van der Waals surface area (Å²) in [6.07, 6.45) is 1.01. The van der Waals surface area contributed by atoms with Crippen LogP contribution in [0, 0.1) is 5.82 Å². The fourth-order valence-corrected chi connectivity index (χ4v) is 1.99. The van der Waals surface area contributed by atoms with E-state index in [1.165, 1.54) is 24.0 Å². The monoisotopic (exact) mass is 282 g/mol. The second kappa shape index (κ2) is 6.98. The van der Waals surface area contributed by atoms with Crippen molar-refractivity contribution in [3.8, 4) is 0 Å². The molecule has 1 aromatic rings. The van der Waals surface area contributed by atoms with E-state index in [0.29, 0.717) is 0 Å². The minimum atomic E-state index is -0.965. The van der Waals surface area contributed by atoms with Crippen molar-refractivity contribution in [2.45, 2.75) is 39.8 Å². The number of hydrogen-bond donors (Lipinski definition) is 0. The number of hydrogen-bond acceptors (Lipinski definition) is 4. The Morgan fingerprint density at radius 2 is 2.05 bits per heavy atom. The van der Waals surface area contributed by atoms with Gasteiger partial charge in [0.05, 0.1) is 18.5 Å². The van der Waals surface area contributed by atoms with Crippen molar-refractivity contribution < 1.29 is 18.7 Å². The molecule has 0 spiro atoms. The number of aromatic nitrogens is 1. The third-order valence-electron chi connectivity index (χ3n) is 2.74. The van der Waals surface area contributed by atoms with Crippen molar-refractivity contribution >= 4 is 11.9 Å². The number of esters is 1. The summed E-state index contributed by atoms with van der Waals surface area (Å²) in [6.45, 7) is 6.82. The molecule has 0 aromatic carbocycles. The van der Waals surface area contributed by atoms with Crippen LogP contribution in [0.1, 0.15) is 39.4 Å². The number of ether oxygens (including phenoxy) is 1. The van der Waals surface area contributed by atoms with Crippen LogP contribution >= 0.6 is 0 Å². The molecule has 0 radical (unpaired) electrons. The van der Waals surface area contributed by atoms with Gasteiger partial charge in [0.2, 0.25) is 5.91 Å². The molecular formula is C14H19FN2O3. The first-order valence-electron chi connectivity index (χ1n) is 6.45. The third kappa shape index (κ3) is 3.76. The standard InChI is InChI=1S/C14H19FN2O3/c1-5-20-14(19)13(17(9(2)3)10(4)18)12-7-6-11(15)8-16-12/h6-9,13H,5H2,1-4H3. The van der Waals surface area contributed by atoms with Crippen LogP contribution in [0.5, 0.6) is 0 Å². The lowest BCUT2D eigenvalue weighted by molar-refractivity contribution is -0.156. The van der Waals surface area contributed by atoms with Gasteiger partial charge in [0.15, 0.2) is 6.04 Å². The van der Waals surface area contributed by atoms with E-state index in [-0.39, 0.29) is 24.2 Å². The van der Waals surface area contributed by atoms with E-state index < -0.39 is 17.8 Å². The smallest absolute Gasteiger partial charge is 0.335 e. The molecule has 5 nitrogen and oxygen atoms in total. The van der Waals surface area contributed by atoms with Gasteiger partial charge in [-0.1, -0.05) is 0 Å². The summed E-state index contributed by atoms with van der Waals surface area (Å²) in [5.74, 6) is -1.35. The molecule has 0 aliphatic heterocycles. The van der Waals surface area contributed by atoms with Crippen LogP contribution in [0.3, 0.4) is 0 Å². The van der Waals surface area contributed by atoms with Crippen molar-refractivity contribution in [3.05, 3.63) is 29.8 Å². The Morgan fingerprint density at radius 1 is 1.40 bits per heavy atom. The van der Waals surface area contributed by atoms with Gasteiger partial charge < -0.3 is 9.64 Å². The lowest BCUT2D eigenvalue weighted by atomic mass is 10.1. The van der Waals surface area contributed by atoms with E-state index in [9.17, 15) is 14.0 Å². The average molecular weight is 282 g/mol. The molecule has 0 aliphatic carbocycles. The predicted octanol–water partition coefficient (Wildman–Crippen LogP) is 2.08. The molecule has 1 aromatic heterocycles. The van der Waals surface area contributed by atoms with Crippen molar-refractivity contribution in [1.29, 1.82) is 0 Å². The Balaban J connectivity index is 3.22. The van der Waals surface area contributed by atoms with Gasteiger partial charge in [-0.2, -0.15) is 0 Å². The van der Waals surface area contributed by atoms with Gasteiger partial charge in [-0.05, 0) is 32.9 Å². The zero-order valence-corrected chi connectivity index (χ0v) is 12.1. The van der Waals surface area contributed by atoms with Gasteiger partial charge in [-0.25, -0.2) is 9.18 Å². The van der Waals surface area contributed by atoms with E-state index in [2.05, 4.69) is 4.98 Å². The van der Waals surface area contributed by atoms with Crippen LogP contribution < -0.4 is 0 Å². The van der Waals surface area contributed by atoms with E-state index in [1.54, 1.807) is 20.8 Å². The first-order chi connectivity index (χ1) is 9.38. The molecule has 6 heteroatoms. The third-order valence-corrected chi connectivity index (χ3v) is 2.74. The number of nitrogens with zero attached hydrogens (tertiary/aromatic N) is 2. The number of amides is 1. The van der Waals surface area contributed by atoms with Gasteiger partial charge >= 0.3 is 5.97 Å². The van der Waals surface area contributed by atoms with Gasteiger partial charge in [0.25, 0.3) is 0 Å². The molecule has 0 fully saturated rings. The summed E-state index contributed by atoms with van der Waals surface area (Å²) in [7, 11) is 0. The second-order valence-electron chi connectivity index (χ2n) is 4.58. The molecule has 0 saturated carbocycles. The molecule has 1 unspecified atom stereocenters. The highest BCUT2D eigenvalue weighted by Crippen LogP contribution is 2.23. The number of pyridine rings is 1. The number of rotatable bonds is 5. The molecule has 20 heavy (non-hydrogen) atoms. The maximum Gasteiger partial charge on any atom is 0.335 e. The van der Waals surface area contributed by atoms with Gasteiger partial charge in [0.1, 0.15) is 5.82 Å². The van der Waals surface area contributed by atoms with Crippen LogP contribution in [0.2, 0.25) is 0 Å². The Kier molecular flexibility index (Phi) is 5.61. The lowest BCUT2D eigenvalue weighted by Gasteiger charge is -2.32. The molecular weight excluding hydrogens is 263 g/mol. The fraction of sp³-hybridized carbons (Fsp3) is 0.500. The summed E-state index contributed by atoms with van der Waals surface area (Å²) < 4.78 is 18.0. The molecule has 0 bridgehead atoms. The highest BCUT2D eigenvalue weighted by Gasteiger charge is 2.33. The largest absolute Gasteiger partial charge is 0.464 e. The number of carbonyl (C=O) groups excluding carboxylic acids is 2. The normalized spacial score (nSPS) is 12.1. The molecule has 0 saturated heterocycles. The Hall–Kier alpha value is -1.98. The van der Waals surface area contributed by atoms with Crippen molar-refractivity contribution in [2.24, 2.45) is 0 Å². The summed E-state index contributed by atoms with van der Waals surface area (Å²) in [6, 6.07) is 1.41. The lowest BCUT2D eigenvalue weighted by Crippen LogP contribution is -2.43. The van der Waals surface area contributed by atoms with Gasteiger partial charge in [-0.3, -0.25) is 9.78 Å². The first-order valence-corrected chi connectivity index (χ1v) is 6.45. The second-order valence-corrected chi connectivity index (χ2v) is 4.58. The summed E-state index contributed by atoms with van der Waals surface area (Å²) in [4.78, 5) is 29.2. The first kappa shape index (κ1) is 16.1. The van der Waals surface area contributed by atoms with Gasteiger partial charge in [-0.15, -0.1) is 0 Å². The maximum absolute atomic E-state index is 13.0. The molecule has 1 heterocycles. The quantitative estimate of drug-likeness (QED) is 0.776. The highest BCUT2D eigenvalue weighted by molar-refractivity contribution is 5.84. The fourth-order valence-electron chi connectivity index (χ4n) is 1.99. The zero-order valence-electron chi connectivity index (χ0n) is 12.1. The number of halogens is 1. The molecule has 1 rings (SSSR count). The summed E-state index contributed by atoms with van der Waals surface area (Å²) in [5, 5.41) is 0.